The summed E-state index contributed by atoms with van der Waals surface area (Å²) in [5.74, 6) is -0.999. The molecule has 0 aliphatic carbocycles. The van der Waals surface area contributed by atoms with Crippen molar-refractivity contribution >= 4 is 17.6 Å². The summed E-state index contributed by atoms with van der Waals surface area (Å²) in [5, 5.41) is 3.37. The van der Waals surface area contributed by atoms with Crippen LogP contribution in [-0.4, -0.2) is 31.7 Å². The lowest BCUT2D eigenvalue weighted by molar-refractivity contribution is 0.0479. The minimum Gasteiger partial charge on any atom is -0.462 e. The van der Waals surface area contributed by atoms with Crippen LogP contribution in [0.25, 0.3) is 0 Å². The Morgan fingerprint density at radius 1 is 0.600 bits per heavy atom. The van der Waals surface area contributed by atoms with Crippen LogP contribution in [-0.2, 0) is 9.47 Å². The van der Waals surface area contributed by atoms with E-state index in [9.17, 15) is 9.59 Å². The Labute approximate surface area is 214 Å². The predicted molar refractivity (Wildman–Crippen MR) is 146 cm³/mol. The number of ether oxygens (including phenoxy) is 2. The molecule has 0 saturated carbocycles. The molecule has 0 radical (unpaired) electrons. The minimum absolute atomic E-state index is 0.248. The van der Waals surface area contributed by atoms with Gasteiger partial charge in [0.1, 0.15) is 0 Å². The first-order chi connectivity index (χ1) is 17.1. The lowest BCUT2D eigenvalue weighted by Gasteiger charge is -2.12. The van der Waals surface area contributed by atoms with Gasteiger partial charge in [0, 0.05) is 12.2 Å². The summed E-state index contributed by atoms with van der Waals surface area (Å²) in [4.78, 5) is 24.5. The van der Waals surface area contributed by atoms with Crippen molar-refractivity contribution in [2.45, 2.75) is 124 Å². The van der Waals surface area contributed by atoms with Crippen molar-refractivity contribution in [3.05, 3.63) is 29.3 Å². The van der Waals surface area contributed by atoms with Gasteiger partial charge in [0.15, 0.2) is 0 Å². The summed E-state index contributed by atoms with van der Waals surface area (Å²) in [7, 11) is 0. The molecular weight excluding hydrogens is 438 g/mol. The highest BCUT2D eigenvalue weighted by Gasteiger charge is 2.19. The van der Waals surface area contributed by atoms with E-state index in [1.54, 1.807) is 26.0 Å². The van der Waals surface area contributed by atoms with Crippen molar-refractivity contribution in [2.24, 2.45) is 0 Å². The van der Waals surface area contributed by atoms with E-state index in [2.05, 4.69) is 12.2 Å². The summed E-state index contributed by atoms with van der Waals surface area (Å²) in [6.45, 7) is 7.15. The molecule has 0 aromatic heterocycles. The maximum absolute atomic E-state index is 12.3. The molecule has 35 heavy (non-hydrogen) atoms. The van der Waals surface area contributed by atoms with Crippen molar-refractivity contribution in [3.8, 4) is 0 Å². The number of hydrogen-bond acceptors (Lipinski definition) is 5. The standard InChI is InChI=1S/C30H51NO4/c1-4-7-8-9-10-11-12-13-14-15-16-17-18-19-20-21-24-31-26-22-23-27(29(32)34-5-2)28(25-26)30(33)35-6-3/h22-23,25,31H,4-21,24H2,1-3H3. The Morgan fingerprint density at radius 3 is 1.49 bits per heavy atom. The highest BCUT2D eigenvalue weighted by molar-refractivity contribution is 6.03. The minimum atomic E-state index is -0.500. The number of rotatable bonds is 22. The molecule has 0 amide bonds. The van der Waals surface area contributed by atoms with Gasteiger partial charge in [-0.15, -0.1) is 0 Å². The monoisotopic (exact) mass is 489 g/mol. The predicted octanol–water partition coefficient (Wildman–Crippen LogP) is 8.71. The third-order valence-corrected chi connectivity index (χ3v) is 6.37. The summed E-state index contributed by atoms with van der Waals surface area (Å²) >= 11 is 0. The van der Waals surface area contributed by atoms with Gasteiger partial charge in [-0.05, 0) is 38.5 Å². The second-order valence-electron chi connectivity index (χ2n) is 9.43. The van der Waals surface area contributed by atoms with Gasteiger partial charge in [-0.1, -0.05) is 103 Å². The Morgan fingerprint density at radius 2 is 1.03 bits per heavy atom. The highest BCUT2D eigenvalue weighted by atomic mass is 16.5. The maximum atomic E-state index is 12.3. The second kappa shape index (κ2) is 21.3. The van der Waals surface area contributed by atoms with Gasteiger partial charge >= 0.3 is 11.9 Å². The molecule has 0 unspecified atom stereocenters. The van der Waals surface area contributed by atoms with Crippen molar-refractivity contribution in [3.63, 3.8) is 0 Å². The van der Waals surface area contributed by atoms with Crippen LogP contribution in [0.1, 0.15) is 144 Å². The zero-order valence-electron chi connectivity index (χ0n) is 22.8. The fraction of sp³-hybridized carbons (Fsp3) is 0.733. The van der Waals surface area contributed by atoms with Crippen LogP contribution in [0.4, 0.5) is 5.69 Å². The Hall–Kier alpha value is -2.04. The molecule has 0 heterocycles. The molecule has 5 heteroatoms. The van der Waals surface area contributed by atoms with Gasteiger partial charge in [-0.25, -0.2) is 9.59 Å². The molecule has 1 aromatic carbocycles. The lowest BCUT2D eigenvalue weighted by Crippen LogP contribution is -2.15. The normalized spacial score (nSPS) is 10.8. The number of nitrogens with one attached hydrogen (secondary N) is 1. The van der Waals surface area contributed by atoms with Crippen LogP contribution in [0.5, 0.6) is 0 Å². The summed E-state index contributed by atoms with van der Waals surface area (Å²) in [5.41, 5.74) is 1.32. The lowest BCUT2D eigenvalue weighted by atomic mass is 10.0. The van der Waals surface area contributed by atoms with Crippen LogP contribution < -0.4 is 5.32 Å². The fourth-order valence-corrected chi connectivity index (χ4v) is 4.32. The highest BCUT2D eigenvalue weighted by Crippen LogP contribution is 2.19. The molecule has 0 aliphatic heterocycles. The van der Waals surface area contributed by atoms with Crippen LogP contribution in [0, 0.1) is 0 Å². The molecule has 1 N–H and O–H groups in total. The van der Waals surface area contributed by atoms with Gasteiger partial charge in [-0.3, -0.25) is 0 Å². The number of carbonyl (C=O) groups excluding carboxylic acids is 2. The van der Waals surface area contributed by atoms with E-state index in [1.165, 1.54) is 96.3 Å². The van der Waals surface area contributed by atoms with Crippen molar-refractivity contribution in [2.75, 3.05) is 25.1 Å². The number of esters is 2. The van der Waals surface area contributed by atoms with E-state index < -0.39 is 11.9 Å². The SMILES string of the molecule is CCCCCCCCCCCCCCCCCCNc1ccc(C(=O)OCC)c(C(=O)OCC)c1. The topological polar surface area (TPSA) is 64.6 Å². The fourth-order valence-electron chi connectivity index (χ4n) is 4.32. The third-order valence-electron chi connectivity index (χ3n) is 6.37. The number of hydrogen-bond donors (Lipinski definition) is 1. The molecule has 1 rings (SSSR count). The summed E-state index contributed by atoms with van der Waals surface area (Å²) in [6, 6.07) is 5.15. The van der Waals surface area contributed by atoms with Gasteiger partial charge in [-0.2, -0.15) is 0 Å². The molecule has 0 saturated heterocycles. The van der Waals surface area contributed by atoms with Crippen LogP contribution in [0.15, 0.2) is 18.2 Å². The quantitative estimate of drug-likeness (QED) is 0.130. The zero-order chi connectivity index (χ0) is 25.6. The molecule has 5 nitrogen and oxygen atoms in total. The smallest absolute Gasteiger partial charge is 0.339 e. The largest absolute Gasteiger partial charge is 0.462 e. The van der Waals surface area contributed by atoms with E-state index >= 15 is 0 Å². The van der Waals surface area contributed by atoms with E-state index in [0.717, 1.165) is 18.7 Å². The summed E-state index contributed by atoms with van der Waals surface area (Å²) in [6.07, 6.45) is 21.7. The number of anilines is 1. The Bertz CT molecular complexity index is 689. The van der Waals surface area contributed by atoms with Gasteiger partial charge in [0.25, 0.3) is 0 Å². The average Bonchev–Trinajstić information content (AvgIpc) is 2.86. The number of unbranched alkanes of at least 4 members (excludes halogenated alkanes) is 15. The van der Waals surface area contributed by atoms with Crippen molar-refractivity contribution in [1.82, 2.24) is 0 Å². The van der Waals surface area contributed by atoms with Crippen LogP contribution in [0.2, 0.25) is 0 Å². The van der Waals surface area contributed by atoms with Gasteiger partial charge in [0.05, 0.1) is 24.3 Å². The molecule has 200 valence electrons. The molecule has 1 aromatic rings. The Kier molecular flexibility index (Phi) is 18.8. The number of benzene rings is 1. The molecule has 0 spiro atoms. The first kappa shape index (κ1) is 31.0. The van der Waals surface area contributed by atoms with E-state index in [1.807, 2.05) is 6.07 Å². The Balaban J connectivity index is 2.12. The van der Waals surface area contributed by atoms with Gasteiger partial charge in [0.2, 0.25) is 0 Å². The first-order valence-electron chi connectivity index (χ1n) is 14.4. The van der Waals surface area contributed by atoms with Crippen molar-refractivity contribution in [1.29, 1.82) is 0 Å². The van der Waals surface area contributed by atoms with E-state index in [0.29, 0.717) is 0 Å². The molecule has 0 bridgehead atoms. The maximum Gasteiger partial charge on any atom is 0.339 e. The molecule has 0 atom stereocenters. The van der Waals surface area contributed by atoms with E-state index in [4.69, 9.17) is 9.47 Å². The molecule has 0 fully saturated rings. The second-order valence-corrected chi connectivity index (χ2v) is 9.43. The zero-order valence-corrected chi connectivity index (χ0v) is 22.8. The first-order valence-corrected chi connectivity index (χ1v) is 14.4. The molecule has 0 aliphatic rings. The van der Waals surface area contributed by atoms with Crippen LogP contribution in [0.3, 0.4) is 0 Å². The molecular formula is C30H51NO4. The number of carbonyl (C=O) groups is 2. The third kappa shape index (κ3) is 14.8. The van der Waals surface area contributed by atoms with E-state index in [-0.39, 0.29) is 24.3 Å². The summed E-state index contributed by atoms with van der Waals surface area (Å²) < 4.78 is 10.2. The average molecular weight is 490 g/mol. The van der Waals surface area contributed by atoms with Gasteiger partial charge < -0.3 is 14.8 Å². The van der Waals surface area contributed by atoms with Crippen molar-refractivity contribution < 1.29 is 19.1 Å². The van der Waals surface area contributed by atoms with Crippen LogP contribution >= 0.6 is 0 Å².